The molecule has 0 radical (unpaired) electrons. The van der Waals surface area contributed by atoms with E-state index in [0.717, 1.165) is 5.56 Å². The minimum atomic E-state index is -0.309. The van der Waals surface area contributed by atoms with Crippen LogP contribution in [0.4, 0.5) is 10.2 Å². The van der Waals surface area contributed by atoms with E-state index >= 15 is 0 Å². The molecule has 0 amide bonds. The summed E-state index contributed by atoms with van der Waals surface area (Å²) in [5.41, 5.74) is 1.47. The highest BCUT2D eigenvalue weighted by atomic mass is 19.1. The molecule has 0 saturated carbocycles. The molecule has 0 saturated heterocycles. The van der Waals surface area contributed by atoms with Gasteiger partial charge in [-0.2, -0.15) is 0 Å². The van der Waals surface area contributed by atoms with Gasteiger partial charge in [0.1, 0.15) is 18.0 Å². The van der Waals surface area contributed by atoms with Gasteiger partial charge in [0.15, 0.2) is 5.78 Å². The lowest BCUT2D eigenvalue weighted by Gasteiger charge is -2.11. The first-order valence-electron chi connectivity index (χ1n) is 5.91. The number of halogens is 1. The Morgan fingerprint density at radius 2 is 1.95 bits per heavy atom. The van der Waals surface area contributed by atoms with Gasteiger partial charge in [-0.1, -0.05) is 0 Å². The second-order valence-electron chi connectivity index (χ2n) is 4.27. The highest BCUT2D eigenvalue weighted by Gasteiger charge is 2.09. The van der Waals surface area contributed by atoms with Crippen LogP contribution in [0.2, 0.25) is 0 Å². The lowest BCUT2D eigenvalue weighted by molar-refractivity contribution is -0.117. The summed E-state index contributed by atoms with van der Waals surface area (Å²) < 4.78 is 12.9. The van der Waals surface area contributed by atoms with Crippen molar-refractivity contribution < 1.29 is 9.18 Å². The number of aromatic nitrogens is 2. The largest absolute Gasteiger partial charge is 0.360 e. The monoisotopic (exact) mass is 259 g/mol. The highest BCUT2D eigenvalue weighted by Crippen LogP contribution is 2.19. The first-order chi connectivity index (χ1) is 9.06. The van der Waals surface area contributed by atoms with Gasteiger partial charge in [-0.15, -0.1) is 0 Å². The number of hydrogen-bond acceptors (Lipinski definition) is 4. The van der Waals surface area contributed by atoms with Gasteiger partial charge >= 0.3 is 0 Å². The molecule has 1 aromatic heterocycles. The van der Waals surface area contributed by atoms with E-state index < -0.39 is 0 Å². The standard InChI is InChI=1S/C14H14FN3O/c1-9(10(2)19)18-14-7-13(16-8-17-14)11-3-5-12(15)6-4-11/h3-9H,1-2H3,(H,16,17,18)/t9-/m1/s1. The highest BCUT2D eigenvalue weighted by molar-refractivity contribution is 5.83. The Labute approximate surface area is 110 Å². The maximum absolute atomic E-state index is 12.9. The lowest BCUT2D eigenvalue weighted by atomic mass is 10.1. The number of carbonyl (C=O) groups excluding carboxylic acids is 1. The van der Waals surface area contributed by atoms with Gasteiger partial charge in [0.2, 0.25) is 0 Å². The molecule has 1 atom stereocenters. The molecule has 0 spiro atoms. The molecule has 0 bridgehead atoms. The van der Waals surface area contributed by atoms with Crippen molar-refractivity contribution in [2.45, 2.75) is 19.9 Å². The number of nitrogens with one attached hydrogen (secondary N) is 1. The fourth-order valence-corrected chi connectivity index (χ4v) is 1.54. The number of carbonyl (C=O) groups is 1. The van der Waals surface area contributed by atoms with Crippen LogP contribution in [-0.2, 0) is 4.79 Å². The predicted molar refractivity (Wildman–Crippen MR) is 71.2 cm³/mol. The molecule has 0 aliphatic heterocycles. The SMILES string of the molecule is CC(=O)[C@@H](C)Nc1cc(-c2ccc(F)cc2)ncn1. The quantitative estimate of drug-likeness (QED) is 0.917. The van der Waals surface area contributed by atoms with E-state index in [0.29, 0.717) is 11.5 Å². The molecular weight excluding hydrogens is 245 g/mol. The van der Waals surface area contributed by atoms with Crippen molar-refractivity contribution in [3.8, 4) is 11.3 Å². The van der Waals surface area contributed by atoms with Gasteiger partial charge in [0.05, 0.1) is 11.7 Å². The van der Waals surface area contributed by atoms with E-state index in [-0.39, 0.29) is 17.6 Å². The predicted octanol–water partition coefficient (Wildman–Crippen LogP) is 2.67. The second-order valence-corrected chi connectivity index (χ2v) is 4.27. The van der Waals surface area contributed by atoms with Gasteiger partial charge in [0, 0.05) is 11.6 Å². The molecule has 0 aliphatic rings. The second kappa shape index (κ2) is 5.56. The molecule has 2 rings (SSSR count). The first-order valence-corrected chi connectivity index (χ1v) is 5.91. The number of Topliss-reactive ketones (excluding diaryl/α,β-unsaturated/α-hetero) is 1. The van der Waals surface area contributed by atoms with E-state index in [2.05, 4.69) is 15.3 Å². The molecule has 1 aromatic carbocycles. The Bertz CT molecular complexity index is 583. The number of anilines is 1. The van der Waals surface area contributed by atoms with Crippen molar-refractivity contribution in [3.05, 3.63) is 42.5 Å². The Morgan fingerprint density at radius 1 is 1.26 bits per heavy atom. The molecule has 0 aliphatic carbocycles. The zero-order chi connectivity index (χ0) is 13.8. The van der Waals surface area contributed by atoms with E-state index in [4.69, 9.17) is 0 Å². The molecule has 0 unspecified atom stereocenters. The Morgan fingerprint density at radius 3 is 2.58 bits per heavy atom. The van der Waals surface area contributed by atoms with E-state index in [1.165, 1.54) is 25.4 Å². The van der Waals surface area contributed by atoms with Gasteiger partial charge in [0.25, 0.3) is 0 Å². The third-order valence-electron chi connectivity index (χ3n) is 2.78. The number of rotatable bonds is 4. The Kier molecular flexibility index (Phi) is 3.85. The number of ketones is 1. The smallest absolute Gasteiger partial charge is 0.151 e. The van der Waals surface area contributed by atoms with Crippen molar-refractivity contribution in [1.29, 1.82) is 0 Å². The average Bonchev–Trinajstić information content (AvgIpc) is 2.39. The van der Waals surface area contributed by atoms with E-state index in [9.17, 15) is 9.18 Å². The van der Waals surface area contributed by atoms with Crippen LogP contribution in [0.3, 0.4) is 0 Å². The maximum Gasteiger partial charge on any atom is 0.151 e. The summed E-state index contributed by atoms with van der Waals surface area (Å²) in [4.78, 5) is 19.4. The van der Waals surface area contributed by atoms with Crippen LogP contribution in [0.15, 0.2) is 36.7 Å². The molecule has 98 valence electrons. The van der Waals surface area contributed by atoms with E-state index in [1.54, 1.807) is 25.1 Å². The van der Waals surface area contributed by atoms with Crippen molar-refractivity contribution in [2.24, 2.45) is 0 Å². The van der Waals surface area contributed by atoms with Crippen LogP contribution < -0.4 is 5.32 Å². The average molecular weight is 259 g/mol. The fourth-order valence-electron chi connectivity index (χ4n) is 1.54. The fraction of sp³-hybridized carbons (Fsp3) is 0.214. The van der Waals surface area contributed by atoms with Crippen molar-refractivity contribution in [2.75, 3.05) is 5.32 Å². The molecular formula is C14H14FN3O. The Balaban J connectivity index is 2.24. The topological polar surface area (TPSA) is 54.9 Å². The van der Waals surface area contributed by atoms with Crippen LogP contribution >= 0.6 is 0 Å². The summed E-state index contributed by atoms with van der Waals surface area (Å²) in [7, 11) is 0. The third kappa shape index (κ3) is 3.34. The molecule has 1 heterocycles. The normalized spacial score (nSPS) is 11.9. The summed E-state index contributed by atoms with van der Waals surface area (Å²) >= 11 is 0. The summed E-state index contributed by atoms with van der Waals surface area (Å²) in [6.45, 7) is 3.28. The van der Waals surface area contributed by atoms with Gasteiger partial charge < -0.3 is 5.32 Å². The lowest BCUT2D eigenvalue weighted by Crippen LogP contribution is -2.23. The molecule has 1 N–H and O–H groups in total. The zero-order valence-corrected chi connectivity index (χ0v) is 10.7. The summed E-state index contributed by atoms with van der Waals surface area (Å²) in [6.07, 6.45) is 1.41. The minimum absolute atomic E-state index is 0.0296. The molecule has 19 heavy (non-hydrogen) atoms. The maximum atomic E-state index is 12.9. The van der Waals surface area contributed by atoms with Crippen molar-refractivity contribution >= 4 is 11.6 Å². The summed E-state index contributed by atoms with van der Waals surface area (Å²) in [6, 6.07) is 7.47. The van der Waals surface area contributed by atoms with Crippen LogP contribution in [0.25, 0.3) is 11.3 Å². The molecule has 2 aromatic rings. The van der Waals surface area contributed by atoms with Gasteiger partial charge in [-0.05, 0) is 38.1 Å². The van der Waals surface area contributed by atoms with Crippen LogP contribution in [0.1, 0.15) is 13.8 Å². The minimum Gasteiger partial charge on any atom is -0.360 e. The summed E-state index contributed by atoms with van der Waals surface area (Å²) in [5.74, 6) is 0.306. The van der Waals surface area contributed by atoms with Crippen LogP contribution in [0.5, 0.6) is 0 Å². The number of hydrogen-bond donors (Lipinski definition) is 1. The van der Waals surface area contributed by atoms with Gasteiger partial charge in [-0.25, -0.2) is 14.4 Å². The van der Waals surface area contributed by atoms with Crippen LogP contribution in [0, 0.1) is 5.82 Å². The molecule has 0 fully saturated rings. The zero-order valence-electron chi connectivity index (χ0n) is 10.7. The van der Waals surface area contributed by atoms with Crippen molar-refractivity contribution in [3.63, 3.8) is 0 Å². The molecule has 5 heteroatoms. The third-order valence-corrected chi connectivity index (χ3v) is 2.78. The molecule has 4 nitrogen and oxygen atoms in total. The summed E-state index contributed by atoms with van der Waals surface area (Å²) in [5, 5.41) is 2.99. The Hall–Kier alpha value is -2.30. The number of nitrogens with zero attached hydrogens (tertiary/aromatic N) is 2. The van der Waals surface area contributed by atoms with E-state index in [1.807, 2.05) is 0 Å². The van der Waals surface area contributed by atoms with Crippen molar-refractivity contribution in [1.82, 2.24) is 9.97 Å². The van der Waals surface area contributed by atoms with Crippen LogP contribution in [-0.4, -0.2) is 21.8 Å². The van der Waals surface area contributed by atoms with Gasteiger partial charge in [-0.3, -0.25) is 4.79 Å². The first kappa shape index (κ1) is 13.1. The number of benzene rings is 1.